The van der Waals surface area contributed by atoms with Gasteiger partial charge in [0.25, 0.3) is 0 Å². The van der Waals surface area contributed by atoms with Crippen LogP contribution in [0.25, 0.3) is 5.69 Å². The molecule has 1 unspecified atom stereocenters. The molecule has 0 bridgehead atoms. The summed E-state index contributed by atoms with van der Waals surface area (Å²) in [6.07, 6.45) is 2.66. The number of benzene rings is 1. The van der Waals surface area contributed by atoms with E-state index in [1.54, 1.807) is 30.5 Å². The lowest BCUT2D eigenvalue weighted by Gasteiger charge is -2.10. The quantitative estimate of drug-likeness (QED) is 0.611. The lowest BCUT2D eigenvalue weighted by atomic mass is 10.2. The van der Waals surface area contributed by atoms with Crippen LogP contribution in [0.15, 0.2) is 41.5 Å². The first-order valence-corrected chi connectivity index (χ1v) is 6.12. The summed E-state index contributed by atoms with van der Waals surface area (Å²) in [6.45, 7) is 0. The number of imidazole rings is 1. The van der Waals surface area contributed by atoms with Gasteiger partial charge in [0, 0.05) is 18.1 Å². The van der Waals surface area contributed by atoms with Crippen molar-refractivity contribution in [2.45, 2.75) is 12.5 Å². The van der Waals surface area contributed by atoms with Crippen LogP contribution >= 0.6 is 0 Å². The second-order valence-corrected chi connectivity index (χ2v) is 4.38. The second-order valence-electron chi connectivity index (χ2n) is 4.38. The molecule has 5 N–H and O–H groups in total. The van der Waals surface area contributed by atoms with E-state index in [1.165, 1.54) is 10.8 Å². The Balaban J connectivity index is 2.06. The third kappa shape index (κ3) is 3.57. The van der Waals surface area contributed by atoms with Crippen LogP contribution in [0.3, 0.4) is 0 Å². The summed E-state index contributed by atoms with van der Waals surface area (Å²) in [5.41, 5.74) is 6.28. The Labute approximate surface area is 119 Å². The van der Waals surface area contributed by atoms with E-state index in [2.05, 4.69) is 10.3 Å². The van der Waals surface area contributed by atoms with Crippen molar-refractivity contribution < 1.29 is 14.7 Å². The number of carboxylic acids is 1. The first kappa shape index (κ1) is 14.5. The van der Waals surface area contributed by atoms with Crippen molar-refractivity contribution in [2.75, 3.05) is 5.32 Å². The minimum atomic E-state index is -1.14. The van der Waals surface area contributed by atoms with Crippen molar-refractivity contribution in [2.24, 2.45) is 5.73 Å². The number of carbonyl (C=O) groups is 2. The molecule has 1 amide bonds. The van der Waals surface area contributed by atoms with Gasteiger partial charge in [0.05, 0.1) is 18.2 Å². The minimum absolute atomic E-state index is 0.268. The first-order chi connectivity index (χ1) is 9.97. The Morgan fingerprint density at radius 2 is 2.00 bits per heavy atom. The molecule has 0 fully saturated rings. The molecule has 1 heterocycles. The monoisotopic (exact) mass is 290 g/mol. The molecular weight excluding hydrogens is 276 g/mol. The minimum Gasteiger partial charge on any atom is -0.481 e. The van der Waals surface area contributed by atoms with Gasteiger partial charge in [-0.2, -0.15) is 0 Å². The normalized spacial score (nSPS) is 11.9. The smallest absolute Gasteiger partial charge is 0.330 e. The van der Waals surface area contributed by atoms with Crippen LogP contribution in [0.2, 0.25) is 0 Å². The highest BCUT2D eigenvalue weighted by Crippen LogP contribution is 2.12. The van der Waals surface area contributed by atoms with E-state index in [0.717, 1.165) is 0 Å². The van der Waals surface area contributed by atoms with Gasteiger partial charge in [-0.05, 0) is 24.3 Å². The highest BCUT2D eigenvalue weighted by molar-refractivity contribution is 5.96. The predicted octanol–water partition coefficient (Wildman–Crippen LogP) is -0.0939. The number of nitrogens with one attached hydrogen (secondary N) is 2. The molecule has 21 heavy (non-hydrogen) atoms. The molecule has 0 aliphatic rings. The van der Waals surface area contributed by atoms with Gasteiger partial charge in [-0.1, -0.05) is 0 Å². The number of aromatic amines is 1. The number of nitrogens with two attached hydrogens (primary N) is 1. The molecule has 0 saturated carbocycles. The van der Waals surface area contributed by atoms with Crippen molar-refractivity contribution in [3.8, 4) is 5.69 Å². The van der Waals surface area contributed by atoms with Crippen LogP contribution < -0.4 is 16.7 Å². The van der Waals surface area contributed by atoms with Crippen molar-refractivity contribution >= 4 is 17.6 Å². The average Bonchev–Trinajstić information content (AvgIpc) is 2.85. The van der Waals surface area contributed by atoms with E-state index < -0.39 is 24.3 Å². The zero-order valence-electron chi connectivity index (χ0n) is 10.9. The Morgan fingerprint density at radius 3 is 2.52 bits per heavy atom. The van der Waals surface area contributed by atoms with Crippen LogP contribution in [-0.4, -0.2) is 32.6 Å². The van der Waals surface area contributed by atoms with E-state index in [1.807, 2.05) is 0 Å². The summed E-state index contributed by atoms with van der Waals surface area (Å²) in [6, 6.07) is 5.37. The van der Waals surface area contributed by atoms with Crippen molar-refractivity contribution in [3.05, 3.63) is 47.1 Å². The number of aromatic nitrogens is 2. The molecule has 0 radical (unpaired) electrons. The zero-order valence-corrected chi connectivity index (χ0v) is 10.9. The van der Waals surface area contributed by atoms with Gasteiger partial charge < -0.3 is 21.1 Å². The molecule has 2 rings (SSSR count). The van der Waals surface area contributed by atoms with Crippen LogP contribution in [0.1, 0.15) is 6.42 Å². The van der Waals surface area contributed by atoms with Crippen molar-refractivity contribution in [1.82, 2.24) is 9.55 Å². The zero-order chi connectivity index (χ0) is 15.4. The standard InChI is InChI=1S/C13H14N4O4/c14-10(7-11(18)19)12(20)16-8-1-3-9(4-2-8)17-6-5-15-13(17)21/h1-6,10H,7,14H2,(H,15,21)(H,16,20)(H,18,19). The number of carbonyl (C=O) groups excluding carboxylic acids is 1. The fourth-order valence-electron chi connectivity index (χ4n) is 1.74. The Bertz CT molecular complexity index is 701. The third-order valence-electron chi connectivity index (χ3n) is 2.79. The Hall–Kier alpha value is -2.87. The lowest BCUT2D eigenvalue weighted by molar-refractivity contribution is -0.138. The summed E-state index contributed by atoms with van der Waals surface area (Å²) >= 11 is 0. The van der Waals surface area contributed by atoms with Crippen LogP contribution in [0.4, 0.5) is 5.69 Å². The molecule has 1 aromatic carbocycles. The van der Waals surface area contributed by atoms with Crippen LogP contribution in [0.5, 0.6) is 0 Å². The number of amides is 1. The Kier molecular flexibility index (Phi) is 4.19. The van der Waals surface area contributed by atoms with Gasteiger partial charge in [0.15, 0.2) is 0 Å². The van der Waals surface area contributed by atoms with Crippen LogP contribution in [0, 0.1) is 0 Å². The summed E-state index contributed by atoms with van der Waals surface area (Å²) in [7, 11) is 0. The summed E-state index contributed by atoms with van der Waals surface area (Å²) < 4.78 is 1.40. The molecule has 8 heteroatoms. The van der Waals surface area contributed by atoms with E-state index in [0.29, 0.717) is 11.4 Å². The molecule has 0 aliphatic carbocycles. The summed E-state index contributed by atoms with van der Waals surface area (Å²) in [4.78, 5) is 36.1. The van der Waals surface area contributed by atoms with E-state index in [9.17, 15) is 14.4 Å². The largest absolute Gasteiger partial charge is 0.481 e. The molecule has 110 valence electrons. The summed E-state index contributed by atoms with van der Waals surface area (Å²) in [5.74, 6) is -1.72. The van der Waals surface area contributed by atoms with Gasteiger partial charge in [-0.25, -0.2) is 4.79 Å². The third-order valence-corrected chi connectivity index (χ3v) is 2.79. The summed E-state index contributed by atoms with van der Waals surface area (Å²) in [5, 5.41) is 11.1. The van der Waals surface area contributed by atoms with E-state index >= 15 is 0 Å². The van der Waals surface area contributed by atoms with Gasteiger partial charge in [0.2, 0.25) is 5.91 Å². The highest BCUT2D eigenvalue weighted by Gasteiger charge is 2.16. The maximum absolute atomic E-state index is 11.7. The van der Waals surface area contributed by atoms with Gasteiger partial charge in [0.1, 0.15) is 0 Å². The maximum Gasteiger partial charge on any atom is 0.330 e. The number of rotatable bonds is 5. The molecular formula is C13H14N4O4. The molecule has 2 aromatic rings. The van der Waals surface area contributed by atoms with Crippen LogP contribution in [-0.2, 0) is 9.59 Å². The van der Waals surface area contributed by atoms with Crippen molar-refractivity contribution in [3.63, 3.8) is 0 Å². The predicted molar refractivity (Wildman–Crippen MR) is 75.2 cm³/mol. The number of hydrogen-bond donors (Lipinski definition) is 4. The van der Waals surface area contributed by atoms with Crippen molar-refractivity contribution in [1.29, 1.82) is 0 Å². The molecule has 0 aliphatic heterocycles. The molecule has 0 saturated heterocycles. The average molecular weight is 290 g/mol. The molecule has 0 spiro atoms. The highest BCUT2D eigenvalue weighted by atomic mass is 16.4. The fourth-order valence-corrected chi connectivity index (χ4v) is 1.74. The fraction of sp³-hybridized carbons (Fsp3) is 0.154. The van der Waals surface area contributed by atoms with E-state index in [4.69, 9.17) is 10.8 Å². The second kappa shape index (κ2) is 6.06. The molecule has 1 aromatic heterocycles. The molecule has 1 atom stereocenters. The Morgan fingerprint density at radius 1 is 1.33 bits per heavy atom. The van der Waals surface area contributed by atoms with Gasteiger partial charge in [-0.3, -0.25) is 14.2 Å². The van der Waals surface area contributed by atoms with E-state index in [-0.39, 0.29) is 5.69 Å². The maximum atomic E-state index is 11.7. The van der Waals surface area contributed by atoms with Gasteiger partial charge in [-0.15, -0.1) is 0 Å². The number of carboxylic acid groups (broad SMARTS) is 1. The molecule has 8 nitrogen and oxygen atoms in total. The SMILES string of the molecule is NC(CC(=O)O)C(=O)Nc1ccc(-n2cc[nH]c2=O)cc1. The number of anilines is 1. The number of H-pyrrole nitrogens is 1. The number of nitrogens with zero attached hydrogens (tertiary/aromatic N) is 1. The number of hydrogen-bond acceptors (Lipinski definition) is 4. The topological polar surface area (TPSA) is 130 Å². The van der Waals surface area contributed by atoms with Gasteiger partial charge >= 0.3 is 11.7 Å². The first-order valence-electron chi connectivity index (χ1n) is 6.12. The lowest BCUT2D eigenvalue weighted by Crippen LogP contribution is -2.37. The number of aliphatic carboxylic acids is 1.